The van der Waals surface area contributed by atoms with Crippen LogP contribution in [-0.2, 0) is 0 Å². The summed E-state index contributed by atoms with van der Waals surface area (Å²) < 4.78 is 0. The lowest BCUT2D eigenvalue weighted by molar-refractivity contribution is -0.425. The molecular weight excluding hydrogens is 120 g/mol. The summed E-state index contributed by atoms with van der Waals surface area (Å²) in [5.74, 6) is 2.49. The van der Waals surface area contributed by atoms with E-state index < -0.39 is 4.92 Å². The summed E-state index contributed by atoms with van der Waals surface area (Å²) in [6, 6.07) is 0. The van der Waals surface area contributed by atoms with Gasteiger partial charge >= 0.3 is 0 Å². The molecule has 0 atom stereocenters. The lowest BCUT2D eigenvalue weighted by atomic mass is 10.4. The standard InChI is InChI=1S/C5H4N2O2/c8-7(9)5-2-1-3-6-4-5/h1-2H,4H2. The zero-order valence-electron chi connectivity index (χ0n) is 4.57. The lowest BCUT2D eigenvalue weighted by Crippen LogP contribution is -2.02. The molecule has 46 valence electrons. The van der Waals surface area contributed by atoms with Gasteiger partial charge in [-0.1, -0.05) is 0 Å². The van der Waals surface area contributed by atoms with E-state index in [0.717, 1.165) is 0 Å². The Bertz CT molecular complexity index is 223. The van der Waals surface area contributed by atoms with Gasteiger partial charge in [0, 0.05) is 12.2 Å². The first kappa shape index (κ1) is 5.72. The number of hydrogen-bond acceptors (Lipinski definition) is 3. The molecule has 0 N–H and O–H groups in total. The summed E-state index contributed by atoms with van der Waals surface area (Å²) in [5, 5.41) is 9.98. The Balaban J connectivity index is 2.78. The molecule has 9 heavy (non-hydrogen) atoms. The van der Waals surface area contributed by atoms with Crippen LogP contribution in [0.25, 0.3) is 0 Å². The van der Waals surface area contributed by atoms with Crippen LogP contribution < -0.4 is 0 Å². The van der Waals surface area contributed by atoms with Gasteiger partial charge in [0.15, 0.2) is 0 Å². The topological polar surface area (TPSA) is 55.5 Å². The molecule has 0 radical (unpaired) electrons. The van der Waals surface area contributed by atoms with Gasteiger partial charge in [0.05, 0.1) is 4.92 Å². The van der Waals surface area contributed by atoms with Crippen molar-refractivity contribution in [1.82, 2.24) is 0 Å². The Morgan fingerprint density at radius 1 is 1.89 bits per heavy atom. The van der Waals surface area contributed by atoms with Crippen LogP contribution in [0.4, 0.5) is 0 Å². The van der Waals surface area contributed by atoms with Crippen LogP contribution in [0.1, 0.15) is 0 Å². The summed E-state index contributed by atoms with van der Waals surface area (Å²) >= 11 is 0. The molecule has 0 unspecified atom stereocenters. The molecule has 1 heterocycles. The van der Waals surface area contributed by atoms with Gasteiger partial charge in [-0.2, -0.15) is 0 Å². The molecule has 1 aliphatic heterocycles. The van der Waals surface area contributed by atoms with E-state index in [4.69, 9.17) is 0 Å². The van der Waals surface area contributed by atoms with Crippen LogP contribution in [-0.4, -0.2) is 17.3 Å². The van der Waals surface area contributed by atoms with Crippen molar-refractivity contribution >= 4 is 5.87 Å². The largest absolute Gasteiger partial charge is 0.268 e. The minimum Gasteiger partial charge on any atom is -0.259 e. The second-order valence-electron chi connectivity index (χ2n) is 1.53. The third-order valence-electron chi connectivity index (χ3n) is 0.917. The average molecular weight is 124 g/mol. The van der Waals surface area contributed by atoms with Gasteiger partial charge < -0.3 is 0 Å². The first-order chi connectivity index (χ1) is 4.30. The van der Waals surface area contributed by atoms with Gasteiger partial charge in [-0.15, -0.1) is 0 Å². The van der Waals surface area contributed by atoms with Crippen LogP contribution in [0.3, 0.4) is 0 Å². The Hall–Kier alpha value is -1.41. The second-order valence-corrected chi connectivity index (χ2v) is 1.53. The van der Waals surface area contributed by atoms with E-state index in [1.165, 1.54) is 12.2 Å². The smallest absolute Gasteiger partial charge is 0.259 e. The summed E-state index contributed by atoms with van der Waals surface area (Å²) in [6.45, 7) is 0.142. The van der Waals surface area contributed by atoms with Crippen molar-refractivity contribution in [1.29, 1.82) is 0 Å². The quantitative estimate of drug-likeness (QED) is 0.375. The van der Waals surface area contributed by atoms with Crippen molar-refractivity contribution < 1.29 is 4.92 Å². The van der Waals surface area contributed by atoms with Crippen molar-refractivity contribution in [3.8, 4) is 0 Å². The molecule has 0 saturated carbocycles. The van der Waals surface area contributed by atoms with Gasteiger partial charge in [0.25, 0.3) is 5.70 Å². The first-order valence-corrected chi connectivity index (χ1v) is 2.39. The van der Waals surface area contributed by atoms with Crippen LogP contribution in [0.2, 0.25) is 0 Å². The van der Waals surface area contributed by atoms with Crippen molar-refractivity contribution in [2.45, 2.75) is 0 Å². The molecule has 0 spiro atoms. The van der Waals surface area contributed by atoms with E-state index >= 15 is 0 Å². The molecule has 4 nitrogen and oxygen atoms in total. The molecule has 0 bridgehead atoms. The molecular formula is C5H4N2O2. The number of rotatable bonds is 1. The highest BCUT2D eigenvalue weighted by Crippen LogP contribution is 1.97. The first-order valence-electron chi connectivity index (χ1n) is 2.39. The number of hydrogen-bond donors (Lipinski definition) is 0. The highest BCUT2D eigenvalue weighted by Gasteiger charge is 2.08. The third-order valence-corrected chi connectivity index (χ3v) is 0.917. The number of nitrogens with zero attached hydrogens (tertiary/aromatic N) is 2. The van der Waals surface area contributed by atoms with Crippen molar-refractivity contribution in [2.75, 3.05) is 6.54 Å². The maximum atomic E-state index is 9.98. The Kier molecular flexibility index (Phi) is 1.42. The Morgan fingerprint density at radius 3 is 3.00 bits per heavy atom. The van der Waals surface area contributed by atoms with Crippen molar-refractivity contribution in [3.63, 3.8) is 0 Å². The minimum atomic E-state index is -0.444. The summed E-state index contributed by atoms with van der Waals surface area (Å²) in [6.07, 6.45) is 2.83. The van der Waals surface area contributed by atoms with E-state index in [9.17, 15) is 10.1 Å². The highest BCUT2D eigenvalue weighted by atomic mass is 16.6. The maximum absolute atomic E-state index is 9.98. The zero-order chi connectivity index (χ0) is 6.69. The van der Waals surface area contributed by atoms with Gasteiger partial charge in [0.1, 0.15) is 6.54 Å². The predicted octanol–water partition coefficient (Wildman–Crippen LogP) is 0.386. The SMILES string of the molecule is O=[N+]([O-])C1=CC=C=NC1. The molecule has 1 aliphatic rings. The molecule has 0 aromatic carbocycles. The predicted molar refractivity (Wildman–Crippen MR) is 31.9 cm³/mol. The number of nitro groups is 1. The van der Waals surface area contributed by atoms with Crippen LogP contribution in [0, 0.1) is 10.1 Å². The lowest BCUT2D eigenvalue weighted by Gasteiger charge is -1.91. The zero-order valence-corrected chi connectivity index (χ0v) is 4.57. The average Bonchev–Trinajstić information content (AvgIpc) is 1.90. The molecule has 0 amide bonds. The summed E-state index contributed by atoms with van der Waals surface area (Å²) in [7, 11) is 0. The fourth-order valence-electron chi connectivity index (χ4n) is 0.484. The van der Waals surface area contributed by atoms with Crippen molar-refractivity contribution in [3.05, 3.63) is 28.0 Å². The van der Waals surface area contributed by atoms with Crippen molar-refractivity contribution in [2.24, 2.45) is 4.99 Å². The normalized spacial score (nSPS) is 15.3. The van der Waals surface area contributed by atoms with E-state index in [1.54, 1.807) is 0 Å². The molecule has 0 saturated heterocycles. The van der Waals surface area contributed by atoms with E-state index in [0.29, 0.717) is 0 Å². The molecule has 1 rings (SSSR count). The minimum absolute atomic E-state index is 0.119. The summed E-state index contributed by atoms with van der Waals surface area (Å²) in [4.78, 5) is 13.1. The fourth-order valence-corrected chi connectivity index (χ4v) is 0.484. The molecule has 0 aromatic rings. The summed E-state index contributed by atoms with van der Waals surface area (Å²) in [5.41, 5.74) is 0.119. The van der Waals surface area contributed by atoms with E-state index in [-0.39, 0.29) is 12.2 Å². The molecule has 0 aliphatic carbocycles. The van der Waals surface area contributed by atoms with Gasteiger partial charge in [-0.25, -0.2) is 4.99 Å². The Morgan fingerprint density at radius 2 is 2.67 bits per heavy atom. The molecule has 0 fully saturated rings. The number of aliphatic imine (C=N–C) groups is 1. The third kappa shape index (κ3) is 1.24. The maximum Gasteiger partial charge on any atom is 0.268 e. The van der Waals surface area contributed by atoms with Gasteiger partial charge in [-0.3, -0.25) is 10.1 Å². The number of allylic oxidation sites excluding steroid dienone is 2. The monoisotopic (exact) mass is 124 g/mol. The van der Waals surface area contributed by atoms with Crippen LogP contribution in [0.5, 0.6) is 0 Å². The highest BCUT2D eigenvalue weighted by molar-refractivity contribution is 5.56. The van der Waals surface area contributed by atoms with Gasteiger partial charge in [-0.05, 0) is 5.87 Å². The van der Waals surface area contributed by atoms with Crippen LogP contribution >= 0.6 is 0 Å². The Labute approximate surface area is 51.4 Å². The second kappa shape index (κ2) is 2.24. The van der Waals surface area contributed by atoms with Crippen LogP contribution in [0.15, 0.2) is 22.8 Å². The van der Waals surface area contributed by atoms with Gasteiger partial charge in [0.2, 0.25) is 0 Å². The van der Waals surface area contributed by atoms with E-state index in [1.807, 2.05) is 0 Å². The molecule has 0 aromatic heterocycles. The molecule has 4 heteroatoms. The van der Waals surface area contributed by atoms with E-state index in [2.05, 4.69) is 10.9 Å². The fraction of sp³-hybridized carbons (Fsp3) is 0.200.